The van der Waals surface area contributed by atoms with Crippen molar-refractivity contribution in [3.63, 3.8) is 0 Å². The Balaban J connectivity index is 0.00000171. The number of aryl methyl sites for hydroxylation is 1. The minimum Gasteiger partial charge on any atom is -0.548 e. The molecule has 2 amide bonds. The first kappa shape index (κ1) is 25.7. The van der Waals surface area contributed by atoms with E-state index in [1.165, 1.54) is 16.7 Å². The average molecular weight is 476 g/mol. The van der Waals surface area contributed by atoms with Crippen LogP contribution in [0.5, 0.6) is 0 Å². The van der Waals surface area contributed by atoms with E-state index in [9.17, 15) is 19.5 Å². The molecule has 3 atom stereocenters. The van der Waals surface area contributed by atoms with Crippen molar-refractivity contribution < 1.29 is 59.0 Å². The fraction of sp³-hybridized carbons (Fsp3) is 0.368. The number of aromatic nitrogens is 1. The summed E-state index contributed by atoms with van der Waals surface area (Å²) in [6.45, 7) is 5.07. The van der Waals surface area contributed by atoms with Crippen LogP contribution in [0.3, 0.4) is 0 Å². The summed E-state index contributed by atoms with van der Waals surface area (Å²) >= 11 is 7.54. The third-order valence-electron chi connectivity index (χ3n) is 5.17. The van der Waals surface area contributed by atoms with Gasteiger partial charge in [0.05, 0.1) is 17.0 Å². The SMILES string of the molecule is Cc1onc(-c2ccccc2Cl)c1C(=O)N[C@H]1C(=O)N2[C@H]1SC(C)(C)[C@H]2C(=O)[O-].O.[Na+]. The Labute approximate surface area is 209 Å². The molecular weight excluding hydrogens is 457 g/mol. The van der Waals surface area contributed by atoms with Crippen LogP contribution in [-0.4, -0.2) is 55.5 Å². The molecule has 9 nitrogen and oxygen atoms in total. The zero-order chi connectivity index (χ0) is 21.1. The Morgan fingerprint density at radius 2 is 1.97 bits per heavy atom. The summed E-state index contributed by atoms with van der Waals surface area (Å²) in [5, 5.41) is 18.1. The molecule has 2 saturated heterocycles. The quantitative estimate of drug-likeness (QED) is 0.376. The van der Waals surface area contributed by atoms with Crippen LogP contribution >= 0.6 is 23.4 Å². The van der Waals surface area contributed by atoms with E-state index in [4.69, 9.17) is 16.1 Å². The molecule has 2 aliphatic rings. The number of fused-ring (bicyclic) bond motifs is 1. The van der Waals surface area contributed by atoms with Crippen molar-refractivity contribution in [3.05, 3.63) is 40.6 Å². The molecule has 3 heterocycles. The number of carboxylic acid groups (broad SMARTS) is 1. The van der Waals surface area contributed by atoms with E-state index in [0.29, 0.717) is 10.6 Å². The largest absolute Gasteiger partial charge is 1.00 e. The van der Waals surface area contributed by atoms with Gasteiger partial charge in [0.15, 0.2) is 0 Å². The van der Waals surface area contributed by atoms with Crippen LogP contribution in [0, 0.1) is 6.92 Å². The summed E-state index contributed by atoms with van der Waals surface area (Å²) in [6, 6.07) is 5.02. The zero-order valence-electron chi connectivity index (χ0n) is 17.3. The van der Waals surface area contributed by atoms with Crippen LogP contribution in [0.15, 0.2) is 28.8 Å². The second-order valence-electron chi connectivity index (χ2n) is 7.47. The van der Waals surface area contributed by atoms with E-state index in [1.807, 2.05) is 0 Å². The van der Waals surface area contributed by atoms with Gasteiger partial charge in [-0.25, -0.2) is 0 Å². The van der Waals surface area contributed by atoms with Crippen molar-refractivity contribution in [2.75, 3.05) is 0 Å². The topological polar surface area (TPSA) is 147 Å². The number of β-lactam (4-membered cyclic amide) rings is 1. The molecule has 1 aromatic heterocycles. The molecular formula is C19H19ClN3NaO6S. The van der Waals surface area contributed by atoms with E-state index in [1.54, 1.807) is 45.0 Å². The van der Waals surface area contributed by atoms with Crippen LogP contribution in [-0.2, 0) is 9.59 Å². The summed E-state index contributed by atoms with van der Waals surface area (Å²) < 4.78 is 4.47. The van der Waals surface area contributed by atoms with Gasteiger partial charge in [-0.1, -0.05) is 35.0 Å². The summed E-state index contributed by atoms with van der Waals surface area (Å²) in [7, 11) is 0. The van der Waals surface area contributed by atoms with Gasteiger partial charge in [-0.3, -0.25) is 9.59 Å². The third-order valence-corrected chi connectivity index (χ3v) is 7.07. The van der Waals surface area contributed by atoms with Crippen molar-refractivity contribution in [3.8, 4) is 11.3 Å². The fourth-order valence-electron chi connectivity index (χ4n) is 3.82. The molecule has 12 heteroatoms. The van der Waals surface area contributed by atoms with Gasteiger partial charge < -0.3 is 30.1 Å². The van der Waals surface area contributed by atoms with Gasteiger partial charge in [0, 0.05) is 10.3 Å². The Morgan fingerprint density at radius 1 is 1.32 bits per heavy atom. The average Bonchev–Trinajstić information content (AvgIpc) is 3.15. The van der Waals surface area contributed by atoms with Gasteiger partial charge in [0.1, 0.15) is 28.4 Å². The van der Waals surface area contributed by atoms with E-state index >= 15 is 0 Å². The monoisotopic (exact) mass is 475 g/mol. The van der Waals surface area contributed by atoms with Gasteiger partial charge in [-0.05, 0) is 26.8 Å². The summed E-state index contributed by atoms with van der Waals surface area (Å²) in [4.78, 5) is 38.3. The van der Waals surface area contributed by atoms with Gasteiger partial charge in [-0.2, -0.15) is 0 Å². The second-order valence-corrected chi connectivity index (χ2v) is 9.65. The van der Waals surface area contributed by atoms with Crippen LogP contribution in [0.4, 0.5) is 0 Å². The summed E-state index contributed by atoms with van der Waals surface area (Å²) in [5.74, 6) is -2.01. The van der Waals surface area contributed by atoms with Crippen molar-refractivity contribution in [1.29, 1.82) is 0 Å². The van der Waals surface area contributed by atoms with E-state index in [2.05, 4.69) is 10.5 Å². The molecule has 0 radical (unpaired) electrons. The molecule has 2 fully saturated rings. The molecule has 0 unspecified atom stereocenters. The van der Waals surface area contributed by atoms with Crippen molar-refractivity contribution in [2.45, 2.75) is 43.0 Å². The van der Waals surface area contributed by atoms with E-state index in [-0.39, 0.29) is 52.1 Å². The third kappa shape index (κ3) is 4.12. The molecule has 2 aromatic rings. The van der Waals surface area contributed by atoms with Crippen LogP contribution in [0.2, 0.25) is 5.02 Å². The van der Waals surface area contributed by atoms with Crippen LogP contribution < -0.4 is 40.0 Å². The molecule has 0 aliphatic carbocycles. The number of carboxylic acids is 1. The Kier molecular flexibility index (Phi) is 7.57. The molecule has 4 rings (SSSR count). The standard InChI is InChI=1S/C19H18ClN3O5S.Na.H2O/c1-8-11(12(22-28-8)9-6-4-5-7-10(9)20)15(24)21-13-16(25)23-14(18(26)27)19(2,3)29-17(13)23;;/h4-7,13-14,17H,1-3H3,(H,21,24)(H,26,27);;1H2/q;+1;/p-1/t13-,14+,17-;;/m0../s1. The van der Waals surface area contributed by atoms with Crippen LogP contribution in [0.1, 0.15) is 30.0 Å². The van der Waals surface area contributed by atoms with Crippen molar-refractivity contribution >= 4 is 41.1 Å². The normalized spacial score (nSPS) is 23.2. The smallest absolute Gasteiger partial charge is 0.548 e. The molecule has 0 saturated carbocycles. The predicted molar refractivity (Wildman–Crippen MR) is 108 cm³/mol. The molecule has 2 aliphatic heterocycles. The van der Waals surface area contributed by atoms with Crippen molar-refractivity contribution in [2.24, 2.45) is 0 Å². The Hall–Kier alpha value is -1.56. The number of hydrogen-bond acceptors (Lipinski definition) is 7. The summed E-state index contributed by atoms with van der Waals surface area (Å²) in [5.41, 5.74) is 0.996. The zero-order valence-corrected chi connectivity index (χ0v) is 20.8. The summed E-state index contributed by atoms with van der Waals surface area (Å²) in [6.07, 6.45) is 0. The number of amides is 2. The van der Waals surface area contributed by atoms with Crippen LogP contribution in [0.25, 0.3) is 11.3 Å². The minimum absolute atomic E-state index is 0. The van der Waals surface area contributed by atoms with Gasteiger partial charge in [0.2, 0.25) is 5.91 Å². The van der Waals surface area contributed by atoms with Gasteiger partial charge >= 0.3 is 29.6 Å². The van der Waals surface area contributed by atoms with E-state index < -0.39 is 40.0 Å². The number of nitrogens with one attached hydrogen (secondary N) is 1. The number of carbonyl (C=O) groups is 3. The predicted octanol–water partition coefficient (Wildman–Crippen LogP) is -2.61. The molecule has 0 bridgehead atoms. The number of halogens is 1. The molecule has 1 aromatic carbocycles. The first-order valence-corrected chi connectivity index (χ1v) is 10.1. The Morgan fingerprint density at radius 3 is 2.58 bits per heavy atom. The molecule has 3 N–H and O–H groups in total. The number of benzene rings is 1. The molecule has 31 heavy (non-hydrogen) atoms. The minimum atomic E-state index is -1.31. The first-order valence-electron chi connectivity index (χ1n) is 8.86. The van der Waals surface area contributed by atoms with Crippen molar-refractivity contribution in [1.82, 2.24) is 15.4 Å². The number of hydrogen-bond donors (Lipinski definition) is 1. The molecule has 0 spiro atoms. The maximum Gasteiger partial charge on any atom is 1.00 e. The fourth-order valence-corrected chi connectivity index (χ4v) is 5.66. The second kappa shape index (κ2) is 9.13. The number of nitrogens with zero attached hydrogens (tertiary/aromatic N) is 2. The maximum absolute atomic E-state index is 13.0. The number of thioether (sulfide) groups is 1. The number of carbonyl (C=O) groups excluding carboxylic acids is 3. The number of aliphatic carboxylic acids is 1. The Bertz CT molecular complexity index is 1050. The van der Waals surface area contributed by atoms with E-state index in [0.717, 1.165) is 0 Å². The molecule has 160 valence electrons. The maximum atomic E-state index is 13.0. The first-order chi connectivity index (χ1) is 13.6. The number of rotatable bonds is 4. The van der Waals surface area contributed by atoms with Gasteiger partial charge in [0.25, 0.3) is 5.91 Å². The van der Waals surface area contributed by atoms with Gasteiger partial charge in [-0.15, -0.1) is 11.8 Å².